The van der Waals surface area contributed by atoms with Crippen molar-refractivity contribution in [2.75, 3.05) is 32.1 Å². The standard InChI is InChI=1S/C19H25N5O3/c1-12(2)21-17(25)15-9-20-19(23(3)4)22-16(15)13-5-7-24(10-13)18(26)14-6-8-27-11-14/h6,8-9,11-13H,5,7,10H2,1-4H3,(H,21,25). The highest BCUT2D eigenvalue weighted by Crippen LogP contribution is 2.30. The number of likely N-dealkylation sites (tertiary alicyclic amines) is 1. The maximum Gasteiger partial charge on any atom is 0.257 e. The molecule has 2 aromatic heterocycles. The number of anilines is 1. The van der Waals surface area contributed by atoms with Gasteiger partial charge in [-0.15, -0.1) is 0 Å². The Hall–Kier alpha value is -2.90. The summed E-state index contributed by atoms with van der Waals surface area (Å²) in [6.07, 6.45) is 5.26. The smallest absolute Gasteiger partial charge is 0.257 e. The summed E-state index contributed by atoms with van der Waals surface area (Å²) in [7, 11) is 3.71. The minimum atomic E-state index is -0.190. The van der Waals surface area contributed by atoms with E-state index in [0.717, 1.165) is 6.42 Å². The van der Waals surface area contributed by atoms with Gasteiger partial charge in [-0.1, -0.05) is 0 Å². The highest BCUT2D eigenvalue weighted by atomic mass is 16.3. The van der Waals surface area contributed by atoms with Crippen LogP contribution in [0.1, 0.15) is 52.6 Å². The fourth-order valence-corrected chi connectivity index (χ4v) is 3.16. The molecule has 1 aliphatic heterocycles. The van der Waals surface area contributed by atoms with Crippen LogP contribution >= 0.6 is 0 Å². The zero-order chi connectivity index (χ0) is 19.6. The minimum absolute atomic E-state index is 0.0154. The molecule has 27 heavy (non-hydrogen) atoms. The number of hydrogen-bond donors (Lipinski definition) is 1. The van der Waals surface area contributed by atoms with Gasteiger partial charge in [-0.2, -0.15) is 0 Å². The van der Waals surface area contributed by atoms with E-state index in [1.54, 1.807) is 22.1 Å². The summed E-state index contributed by atoms with van der Waals surface area (Å²) in [4.78, 5) is 37.7. The lowest BCUT2D eigenvalue weighted by Gasteiger charge is -2.19. The molecule has 0 saturated carbocycles. The van der Waals surface area contributed by atoms with E-state index in [4.69, 9.17) is 4.42 Å². The Kier molecular flexibility index (Phi) is 5.43. The maximum absolute atomic E-state index is 12.6. The van der Waals surface area contributed by atoms with E-state index in [9.17, 15) is 9.59 Å². The molecule has 1 unspecified atom stereocenters. The summed E-state index contributed by atoms with van der Waals surface area (Å²) >= 11 is 0. The number of carbonyl (C=O) groups is 2. The fraction of sp³-hybridized carbons (Fsp3) is 0.474. The van der Waals surface area contributed by atoms with Crippen LogP contribution in [0.25, 0.3) is 0 Å². The van der Waals surface area contributed by atoms with Crippen molar-refractivity contribution < 1.29 is 14.0 Å². The van der Waals surface area contributed by atoms with Crippen molar-refractivity contribution in [1.29, 1.82) is 0 Å². The van der Waals surface area contributed by atoms with E-state index in [0.29, 0.717) is 35.9 Å². The van der Waals surface area contributed by atoms with E-state index >= 15 is 0 Å². The first kappa shape index (κ1) is 18.9. The Morgan fingerprint density at radius 2 is 2.15 bits per heavy atom. The molecule has 0 bridgehead atoms. The molecule has 1 atom stereocenters. The predicted octanol–water partition coefficient (Wildman–Crippen LogP) is 1.90. The quantitative estimate of drug-likeness (QED) is 0.863. The highest BCUT2D eigenvalue weighted by molar-refractivity contribution is 5.96. The van der Waals surface area contributed by atoms with Crippen LogP contribution in [0.5, 0.6) is 0 Å². The van der Waals surface area contributed by atoms with Crippen LogP contribution in [0.15, 0.2) is 29.2 Å². The number of rotatable bonds is 5. The first-order chi connectivity index (χ1) is 12.9. The summed E-state index contributed by atoms with van der Waals surface area (Å²) in [5, 5.41) is 2.90. The zero-order valence-electron chi connectivity index (χ0n) is 16.1. The summed E-state index contributed by atoms with van der Waals surface area (Å²) in [5.74, 6) is 0.271. The van der Waals surface area contributed by atoms with Crippen LogP contribution in [-0.4, -0.2) is 59.9 Å². The van der Waals surface area contributed by atoms with Crippen LogP contribution in [0.3, 0.4) is 0 Å². The second kappa shape index (κ2) is 7.77. The highest BCUT2D eigenvalue weighted by Gasteiger charge is 2.32. The van der Waals surface area contributed by atoms with Crippen molar-refractivity contribution in [2.24, 2.45) is 0 Å². The molecule has 3 rings (SSSR count). The topological polar surface area (TPSA) is 91.6 Å². The van der Waals surface area contributed by atoms with E-state index in [2.05, 4.69) is 15.3 Å². The van der Waals surface area contributed by atoms with Gasteiger partial charge in [0.15, 0.2) is 0 Å². The molecule has 1 N–H and O–H groups in total. The van der Waals surface area contributed by atoms with Crippen LogP contribution in [0.4, 0.5) is 5.95 Å². The molecule has 1 aliphatic rings. The van der Waals surface area contributed by atoms with Gasteiger partial charge in [0.1, 0.15) is 6.26 Å². The third kappa shape index (κ3) is 4.10. The number of hydrogen-bond acceptors (Lipinski definition) is 6. The van der Waals surface area contributed by atoms with Crippen molar-refractivity contribution in [2.45, 2.75) is 32.2 Å². The lowest BCUT2D eigenvalue weighted by molar-refractivity contribution is 0.0790. The molecule has 8 heteroatoms. The van der Waals surface area contributed by atoms with Gasteiger partial charge >= 0.3 is 0 Å². The van der Waals surface area contributed by atoms with Gasteiger partial charge in [0.2, 0.25) is 5.95 Å². The summed E-state index contributed by atoms with van der Waals surface area (Å²) in [6, 6.07) is 1.67. The second-order valence-electron chi connectivity index (χ2n) is 7.24. The normalized spacial score (nSPS) is 16.6. The number of nitrogens with one attached hydrogen (secondary N) is 1. The van der Waals surface area contributed by atoms with Gasteiger partial charge in [0.05, 0.1) is 23.1 Å². The number of carbonyl (C=O) groups excluding carboxylic acids is 2. The molecule has 0 aromatic carbocycles. The van der Waals surface area contributed by atoms with E-state index in [-0.39, 0.29) is 23.8 Å². The Labute approximate surface area is 158 Å². The number of furan rings is 1. The molecule has 2 aromatic rings. The zero-order valence-corrected chi connectivity index (χ0v) is 16.1. The van der Waals surface area contributed by atoms with Crippen molar-refractivity contribution in [3.8, 4) is 0 Å². The Balaban J connectivity index is 1.87. The average molecular weight is 371 g/mol. The van der Waals surface area contributed by atoms with Gasteiger partial charge in [-0.05, 0) is 26.3 Å². The molecule has 0 aliphatic carbocycles. The molecular formula is C19H25N5O3. The van der Waals surface area contributed by atoms with Gasteiger partial charge in [-0.3, -0.25) is 9.59 Å². The molecular weight excluding hydrogens is 346 g/mol. The lowest BCUT2D eigenvalue weighted by Crippen LogP contribution is -2.32. The monoisotopic (exact) mass is 371 g/mol. The number of aromatic nitrogens is 2. The minimum Gasteiger partial charge on any atom is -0.472 e. The van der Waals surface area contributed by atoms with Crippen LogP contribution in [-0.2, 0) is 0 Å². The lowest BCUT2D eigenvalue weighted by atomic mass is 9.99. The molecule has 2 amide bonds. The predicted molar refractivity (Wildman–Crippen MR) is 101 cm³/mol. The third-order valence-electron chi connectivity index (χ3n) is 4.50. The Morgan fingerprint density at radius 1 is 1.37 bits per heavy atom. The van der Waals surface area contributed by atoms with Crippen LogP contribution in [0.2, 0.25) is 0 Å². The SMILES string of the molecule is CC(C)NC(=O)c1cnc(N(C)C)nc1C1CCN(C(=O)c2ccoc2)C1. The van der Waals surface area contributed by atoms with Crippen molar-refractivity contribution >= 4 is 17.8 Å². The number of nitrogens with zero attached hydrogens (tertiary/aromatic N) is 4. The van der Waals surface area contributed by atoms with Crippen LogP contribution in [0, 0.1) is 0 Å². The third-order valence-corrected chi connectivity index (χ3v) is 4.50. The van der Waals surface area contributed by atoms with Crippen molar-refractivity contribution in [3.05, 3.63) is 41.6 Å². The van der Waals surface area contributed by atoms with Gasteiger partial charge in [0.25, 0.3) is 11.8 Å². The van der Waals surface area contributed by atoms with E-state index in [1.807, 2.05) is 27.9 Å². The van der Waals surface area contributed by atoms with Crippen molar-refractivity contribution in [1.82, 2.24) is 20.2 Å². The summed E-state index contributed by atoms with van der Waals surface area (Å²) in [6.45, 7) is 4.94. The summed E-state index contributed by atoms with van der Waals surface area (Å²) < 4.78 is 5.01. The molecule has 0 spiro atoms. The van der Waals surface area contributed by atoms with Gasteiger partial charge in [0, 0.05) is 45.3 Å². The molecule has 8 nitrogen and oxygen atoms in total. The first-order valence-electron chi connectivity index (χ1n) is 9.03. The molecule has 144 valence electrons. The number of amides is 2. The molecule has 1 fully saturated rings. The Bertz CT molecular complexity index is 817. The van der Waals surface area contributed by atoms with Crippen LogP contribution < -0.4 is 10.2 Å². The van der Waals surface area contributed by atoms with E-state index in [1.165, 1.54) is 12.5 Å². The largest absolute Gasteiger partial charge is 0.472 e. The average Bonchev–Trinajstić information content (AvgIpc) is 3.32. The van der Waals surface area contributed by atoms with E-state index < -0.39 is 0 Å². The first-order valence-corrected chi connectivity index (χ1v) is 9.03. The molecule has 1 saturated heterocycles. The van der Waals surface area contributed by atoms with Gasteiger partial charge in [-0.25, -0.2) is 9.97 Å². The molecule has 0 radical (unpaired) electrons. The second-order valence-corrected chi connectivity index (χ2v) is 7.24. The maximum atomic E-state index is 12.6. The summed E-state index contributed by atoms with van der Waals surface area (Å²) in [5.41, 5.74) is 1.69. The van der Waals surface area contributed by atoms with Crippen molar-refractivity contribution in [3.63, 3.8) is 0 Å². The molecule has 3 heterocycles. The Morgan fingerprint density at radius 3 is 2.78 bits per heavy atom. The fourth-order valence-electron chi connectivity index (χ4n) is 3.16. The van der Waals surface area contributed by atoms with Gasteiger partial charge < -0.3 is 19.5 Å².